The van der Waals surface area contributed by atoms with Crippen LogP contribution < -0.4 is 0 Å². The summed E-state index contributed by atoms with van der Waals surface area (Å²) in [5.74, 6) is 0. The topological polar surface area (TPSA) is 42.6 Å². The van der Waals surface area contributed by atoms with Gasteiger partial charge in [0.05, 0.1) is 17.8 Å². The second kappa shape index (κ2) is 4.34. The molecule has 3 nitrogen and oxygen atoms in total. The molecule has 3 aromatic rings. The average molecular weight is 294 g/mol. The van der Waals surface area contributed by atoms with Gasteiger partial charge in [-0.3, -0.25) is 0 Å². The first-order valence-electron chi connectivity index (χ1n) is 8.01. The predicted octanol–water partition coefficient (Wildman–Crippen LogP) is 4.12. The molecule has 1 N–H and O–H groups in total. The van der Waals surface area contributed by atoms with Crippen molar-refractivity contribution in [3.8, 4) is 0 Å². The van der Waals surface area contributed by atoms with E-state index in [-0.39, 0.29) is 12.2 Å². The van der Waals surface area contributed by atoms with Crippen molar-refractivity contribution in [2.45, 2.75) is 43.5 Å². The Hall–Kier alpha value is -1.84. The van der Waals surface area contributed by atoms with E-state index in [1.807, 2.05) is 30.3 Å². The van der Waals surface area contributed by atoms with Gasteiger partial charge in [0.25, 0.3) is 0 Å². The number of ether oxygens (including phenoxy) is 1. The number of furan rings is 1. The van der Waals surface area contributed by atoms with Gasteiger partial charge in [0, 0.05) is 23.6 Å². The van der Waals surface area contributed by atoms with Crippen LogP contribution in [0.2, 0.25) is 0 Å². The van der Waals surface area contributed by atoms with Crippen LogP contribution in [0, 0.1) is 0 Å². The molecular weight excluding hydrogens is 276 g/mol. The molecular formula is C19H18O3. The Bertz CT molecular complexity index is 851. The Balaban J connectivity index is 1.67. The number of rotatable bonds is 1. The Labute approximate surface area is 128 Å². The lowest BCUT2D eigenvalue weighted by molar-refractivity contribution is -0.115. The van der Waals surface area contributed by atoms with Crippen molar-refractivity contribution in [2.75, 3.05) is 0 Å². The van der Waals surface area contributed by atoms with Gasteiger partial charge in [0.2, 0.25) is 0 Å². The van der Waals surface area contributed by atoms with E-state index >= 15 is 0 Å². The van der Waals surface area contributed by atoms with Gasteiger partial charge in [-0.05, 0) is 36.6 Å². The molecule has 3 heterocycles. The van der Waals surface area contributed by atoms with Crippen molar-refractivity contribution in [2.24, 2.45) is 0 Å². The molecule has 2 saturated heterocycles. The van der Waals surface area contributed by atoms with E-state index in [1.165, 1.54) is 0 Å². The predicted molar refractivity (Wildman–Crippen MR) is 84.7 cm³/mol. The summed E-state index contributed by atoms with van der Waals surface area (Å²) in [4.78, 5) is 0. The van der Waals surface area contributed by atoms with Crippen molar-refractivity contribution in [1.29, 1.82) is 0 Å². The SMILES string of the molecule is OC1(c2ccc3oc4ccccc4c3c2)CC2CCC(C1)O2. The van der Waals surface area contributed by atoms with Gasteiger partial charge in [-0.25, -0.2) is 0 Å². The van der Waals surface area contributed by atoms with Gasteiger partial charge in [-0.1, -0.05) is 24.3 Å². The zero-order valence-electron chi connectivity index (χ0n) is 12.3. The average Bonchev–Trinajstić information content (AvgIpc) is 3.07. The third-order valence-electron chi connectivity index (χ3n) is 5.24. The maximum atomic E-state index is 11.2. The second-order valence-electron chi connectivity index (χ2n) is 6.71. The first-order chi connectivity index (χ1) is 10.7. The van der Waals surface area contributed by atoms with Crippen molar-refractivity contribution in [3.63, 3.8) is 0 Å². The van der Waals surface area contributed by atoms with Gasteiger partial charge in [0.15, 0.2) is 0 Å². The molecule has 5 rings (SSSR count). The maximum absolute atomic E-state index is 11.2. The number of hydrogen-bond acceptors (Lipinski definition) is 3. The fourth-order valence-corrected chi connectivity index (χ4v) is 4.17. The molecule has 2 aromatic carbocycles. The molecule has 3 heteroatoms. The molecule has 112 valence electrons. The molecule has 2 atom stereocenters. The quantitative estimate of drug-likeness (QED) is 0.734. The van der Waals surface area contributed by atoms with E-state index in [1.54, 1.807) is 0 Å². The van der Waals surface area contributed by atoms with E-state index in [4.69, 9.17) is 9.15 Å². The standard InChI is InChI=1S/C19H18O3/c20-19(10-13-6-7-14(11-19)21-13)12-5-8-18-16(9-12)15-3-1-2-4-17(15)22-18/h1-5,8-9,13-14,20H,6-7,10-11H2. The number of para-hydroxylation sites is 1. The molecule has 1 aromatic heterocycles. The summed E-state index contributed by atoms with van der Waals surface area (Å²) in [5, 5.41) is 13.4. The van der Waals surface area contributed by atoms with Gasteiger partial charge in [-0.2, -0.15) is 0 Å². The molecule has 0 aliphatic carbocycles. The molecule has 2 fully saturated rings. The monoisotopic (exact) mass is 294 g/mol. The lowest BCUT2D eigenvalue weighted by Gasteiger charge is -2.36. The summed E-state index contributed by atoms with van der Waals surface area (Å²) >= 11 is 0. The van der Waals surface area contributed by atoms with E-state index in [9.17, 15) is 5.11 Å². The molecule has 2 aliphatic rings. The van der Waals surface area contributed by atoms with Gasteiger partial charge in [0.1, 0.15) is 11.2 Å². The van der Waals surface area contributed by atoms with Crippen molar-refractivity contribution in [3.05, 3.63) is 48.0 Å². The minimum Gasteiger partial charge on any atom is -0.456 e. The Morgan fingerprint density at radius 2 is 1.64 bits per heavy atom. The smallest absolute Gasteiger partial charge is 0.135 e. The lowest BCUT2D eigenvalue weighted by Crippen LogP contribution is -2.38. The van der Waals surface area contributed by atoms with E-state index in [0.717, 1.165) is 40.3 Å². The molecule has 0 radical (unpaired) electrons. The highest BCUT2D eigenvalue weighted by molar-refractivity contribution is 6.05. The van der Waals surface area contributed by atoms with Gasteiger partial charge in [-0.15, -0.1) is 0 Å². The van der Waals surface area contributed by atoms with Crippen LogP contribution in [0.3, 0.4) is 0 Å². The van der Waals surface area contributed by atoms with E-state index in [2.05, 4.69) is 12.1 Å². The van der Waals surface area contributed by atoms with E-state index < -0.39 is 5.60 Å². The number of hydrogen-bond donors (Lipinski definition) is 1. The molecule has 0 amide bonds. The number of aliphatic hydroxyl groups is 1. The van der Waals surface area contributed by atoms with Crippen molar-refractivity contribution in [1.82, 2.24) is 0 Å². The summed E-state index contributed by atoms with van der Waals surface area (Å²) in [6, 6.07) is 14.2. The summed E-state index contributed by atoms with van der Waals surface area (Å²) in [5.41, 5.74) is 2.00. The highest BCUT2D eigenvalue weighted by Crippen LogP contribution is 2.45. The second-order valence-corrected chi connectivity index (χ2v) is 6.71. The third kappa shape index (κ3) is 1.76. The molecule has 2 unspecified atom stereocenters. The van der Waals surface area contributed by atoms with Crippen LogP contribution in [0.25, 0.3) is 21.9 Å². The molecule has 0 saturated carbocycles. The lowest BCUT2D eigenvalue weighted by atomic mass is 9.83. The van der Waals surface area contributed by atoms with Crippen LogP contribution in [0.1, 0.15) is 31.2 Å². The fraction of sp³-hybridized carbons (Fsp3) is 0.368. The van der Waals surface area contributed by atoms with Crippen LogP contribution in [-0.2, 0) is 10.3 Å². The Kier molecular flexibility index (Phi) is 2.50. The summed E-state index contributed by atoms with van der Waals surface area (Å²) in [6.07, 6.45) is 3.96. The molecule has 2 aliphatic heterocycles. The van der Waals surface area contributed by atoms with Crippen LogP contribution in [0.15, 0.2) is 46.9 Å². The Morgan fingerprint density at radius 3 is 2.45 bits per heavy atom. The first kappa shape index (κ1) is 12.7. The summed E-state index contributed by atoms with van der Waals surface area (Å²) in [7, 11) is 0. The highest BCUT2D eigenvalue weighted by Gasteiger charge is 2.44. The van der Waals surface area contributed by atoms with Crippen molar-refractivity contribution >= 4 is 21.9 Å². The zero-order valence-corrected chi connectivity index (χ0v) is 12.3. The molecule has 0 spiro atoms. The van der Waals surface area contributed by atoms with Crippen LogP contribution in [0.5, 0.6) is 0 Å². The normalized spacial score (nSPS) is 31.1. The number of fused-ring (bicyclic) bond motifs is 5. The fourth-order valence-electron chi connectivity index (χ4n) is 4.17. The summed E-state index contributed by atoms with van der Waals surface area (Å²) < 4.78 is 11.8. The van der Waals surface area contributed by atoms with E-state index in [0.29, 0.717) is 12.8 Å². The minimum absolute atomic E-state index is 0.209. The highest BCUT2D eigenvalue weighted by atomic mass is 16.5. The van der Waals surface area contributed by atoms with Crippen LogP contribution in [-0.4, -0.2) is 17.3 Å². The zero-order chi connectivity index (χ0) is 14.7. The summed E-state index contributed by atoms with van der Waals surface area (Å²) in [6.45, 7) is 0. The molecule has 22 heavy (non-hydrogen) atoms. The largest absolute Gasteiger partial charge is 0.456 e. The molecule has 2 bridgehead atoms. The van der Waals surface area contributed by atoms with Crippen LogP contribution >= 0.6 is 0 Å². The van der Waals surface area contributed by atoms with Gasteiger partial charge < -0.3 is 14.3 Å². The minimum atomic E-state index is -0.767. The third-order valence-corrected chi connectivity index (χ3v) is 5.24. The first-order valence-corrected chi connectivity index (χ1v) is 8.01. The number of benzene rings is 2. The van der Waals surface area contributed by atoms with Crippen molar-refractivity contribution < 1.29 is 14.3 Å². The van der Waals surface area contributed by atoms with Crippen LogP contribution in [0.4, 0.5) is 0 Å². The maximum Gasteiger partial charge on any atom is 0.135 e. The van der Waals surface area contributed by atoms with Gasteiger partial charge >= 0.3 is 0 Å². The Morgan fingerprint density at radius 1 is 0.909 bits per heavy atom.